The summed E-state index contributed by atoms with van der Waals surface area (Å²) < 4.78 is 4.92. The number of unbranched alkanes of at least 4 members (excludes halogenated alkanes) is 3. The third kappa shape index (κ3) is 14.7. The van der Waals surface area contributed by atoms with Crippen LogP contribution in [0.1, 0.15) is 32.6 Å². The standard InChI is InChI=1S/C6H15O2PS2.Ca.2H/c1-2-3-4-5-6-8-9(7,10)11;;;/h2-6H2,1H3,(H2,7,10,11);;;. The van der Waals surface area contributed by atoms with Gasteiger partial charge in [0.25, 0.3) is 0 Å². The number of hydrogen-bond donors (Lipinski definition) is 2. The van der Waals surface area contributed by atoms with E-state index in [1.54, 1.807) is 0 Å². The van der Waals surface area contributed by atoms with Gasteiger partial charge < -0.3 is 9.42 Å². The Kier molecular flexibility index (Phi) is 13.5. The normalized spacial score (nSPS) is 14.9. The van der Waals surface area contributed by atoms with Crippen molar-refractivity contribution in [3.8, 4) is 0 Å². The van der Waals surface area contributed by atoms with Gasteiger partial charge in [-0.3, -0.25) is 0 Å². The van der Waals surface area contributed by atoms with E-state index in [9.17, 15) is 0 Å². The maximum absolute atomic E-state index is 8.94. The molecule has 1 N–H and O–H groups in total. The Morgan fingerprint density at radius 2 is 2.00 bits per heavy atom. The zero-order valence-electron chi connectivity index (χ0n) is 6.69. The Hall–Kier alpha value is 2.18. The van der Waals surface area contributed by atoms with E-state index in [2.05, 4.69) is 31.0 Å². The summed E-state index contributed by atoms with van der Waals surface area (Å²) in [5.41, 5.74) is -2.69. The fourth-order valence-electron chi connectivity index (χ4n) is 0.712. The van der Waals surface area contributed by atoms with Gasteiger partial charge in [0.15, 0.2) is 0 Å². The molecule has 1 atom stereocenters. The summed E-state index contributed by atoms with van der Waals surface area (Å²) in [6.07, 6.45) is 4.52. The minimum atomic E-state index is -2.69. The zero-order valence-corrected chi connectivity index (χ0v) is 9.30. The van der Waals surface area contributed by atoms with Gasteiger partial charge in [0, 0.05) is 0 Å². The van der Waals surface area contributed by atoms with E-state index in [1.807, 2.05) is 0 Å². The van der Waals surface area contributed by atoms with Gasteiger partial charge in [-0.05, 0) is 18.2 Å². The van der Waals surface area contributed by atoms with Gasteiger partial charge in [-0.1, -0.05) is 38.4 Å². The molecule has 2 nitrogen and oxygen atoms in total. The molecule has 0 aliphatic rings. The van der Waals surface area contributed by atoms with E-state index in [0.717, 1.165) is 12.8 Å². The Morgan fingerprint density at radius 1 is 1.42 bits per heavy atom. The first-order valence-corrected chi connectivity index (χ1v) is 7.59. The molecule has 12 heavy (non-hydrogen) atoms. The fourth-order valence-corrected chi connectivity index (χ4v) is 1.55. The molecule has 0 saturated heterocycles. The van der Waals surface area contributed by atoms with Crippen LogP contribution >= 0.6 is 17.9 Å². The molecule has 0 aliphatic carbocycles. The van der Waals surface area contributed by atoms with Gasteiger partial charge in [-0.2, -0.15) is 0 Å². The molecule has 0 saturated carbocycles. The van der Waals surface area contributed by atoms with Crippen molar-refractivity contribution in [2.75, 3.05) is 6.61 Å². The van der Waals surface area contributed by atoms with E-state index in [1.165, 1.54) is 12.8 Å². The molecule has 0 amide bonds. The van der Waals surface area contributed by atoms with Gasteiger partial charge in [0.2, 0.25) is 5.69 Å². The van der Waals surface area contributed by atoms with Gasteiger partial charge in [-0.15, -0.1) is 0 Å². The molecule has 0 aliphatic heterocycles. The van der Waals surface area contributed by atoms with E-state index in [0.29, 0.717) is 6.61 Å². The SMILES string of the molecule is CCCCCCOP(O)(=S)S.[CaH2]. The van der Waals surface area contributed by atoms with Crippen molar-refractivity contribution in [2.24, 2.45) is 0 Å². The Labute approximate surface area is 115 Å². The topological polar surface area (TPSA) is 29.5 Å². The van der Waals surface area contributed by atoms with Crippen LogP contribution < -0.4 is 0 Å². The van der Waals surface area contributed by atoms with Gasteiger partial charge in [0.05, 0.1) is 6.61 Å². The van der Waals surface area contributed by atoms with Crippen molar-refractivity contribution in [1.29, 1.82) is 0 Å². The van der Waals surface area contributed by atoms with Crippen molar-refractivity contribution in [1.82, 2.24) is 0 Å². The first kappa shape index (κ1) is 16.6. The quantitative estimate of drug-likeness (QED) is 0.329. The second kappa shape index (κ2) is 9.72. The molecule has 72 valence electrons. The average molecular weight is 256 g/mol. The average Bonchev–Trinajstić information content (AvgIpc) is 1.85. The molecule has 0 aromatic heterocycles. The summed E-state index contributed by atoms with van der Waals surface area (Å²) in [6.45, 7) is 2.69. The molecule has 0 rings (SSSR count). The summed E-state index contributed by atoms with van der Waals surface area (Å²) in [4.78, 5) is 8.94. The fraction of sp³-hybridized carbons (Fsp3) is 1.00. The zero-order chi connectivity index (χ0) is 8.74. The summed E-state index contributed by atoms with van der Waals surface area (Å²) in [5.74, 6) is 0. The van der Waals surface area contributed by atoms with Crippen molar-refractivity contribution in [3.63, 3.8) is 0 Å². The molecular formula is C6H17CaO2PS2. The van der Waals surface area contributed by atoms with E-state index < -0.39 is 5.69 Å². The molecule has 0 spiro atoms. The van der Waals surface area contributed by atoms with E-state index in [-0.39, 0.29) is 37.7 Å². The van der Waals surface area contributed by atoms with E-state index >= 15 is 0 Å². The first-order chi connectivity index (χ1) is 5.06. The predicted molar refractivity (Wildman–Crippen MR) is 64.1 cm³/mol. The van der Waals surface area contributed by atoms with Crippen LogP contribution in [-0.2, 0) is 16.3 Å². The van der Waals surface area contributed by atoms with Gasteiger partial charge in [0.1, 0.15) is 0 Å². The Morgan fingerprint density at radius 3 is 2.42 bits per heavy atom. The van der Waals surface area contributed by atoms with Crippen molar-refractivity contribution < 1.29 is 9.42 Å². The van der Waals surface area contributed by atoms with Crippen LogP contribution in [-0.4, -0.2) is 49.2 Å². The van der Waals surface area contributed by atoms with E-state index in [4.69, 9.17) is 9.42 Å². The third-order valence-corrected chi connectivity index (χ3v) is 2.44. The Balaban J connectivity index is 0. The number of hydrogen-bond acceptors (Lipinski definition) is 2. The number of rotatable bonds is 6. The van der Waals surface area contributed by atoms with Crippen LogP contribution in [0.4, 0.5) is 0 Å². The molecule has 0 fully saturated rings. The summed E-state index contributed by atoms with van der Waals surface area (Å²) in [6, 6.07) is 0. The van der Waals surface area contributed by atoms with Crippen LogP contribution in [0.2, 0.25) is 0 Å². The number of thiol groups is 1. The predicted octanol–water partition coefficient (Wildman–Crippen LogP) is 1.81. The molecule has 0 bridgehead atoms. The molecular weight excluding hydrogens is 239 g/mol. The second-order valence-electron chi connectivity index (χ2n) is 2.38. The van der Waals surface area contributed by atoms with Crippen LogP contribution in [0.3, 0.4) is 0 Å². The van der Waals surface area contributed by atoms with Crippen LogP contribution in [0.25, 0.3) is 0 Å². The monoisotopic (exact) mass is 256 g/mol. The summed E-state index contributed by atoms with van der Waals surface area (Å²) in [7, 11) is 0. The third-order valence-electron chi connectivity index (χ3n) is 1.26. The minimum absolute atomic E-state index is 0. The van der Waals surface area contributed by atoms with Crippen LogP contribution in [0, 0.1) is 0 Å². The maximum atomic E-state index is 8.94. The summed E-state index contributed by atoms with van der Waals surface area (Å²) in [5, 5.41) is 0. The Bertz CT molecular complexity index is 140. The molecule has 0 heterocycles. The van der Waals surface area contributed by atoms with Crippen LogP contribution in [0.15, 0.2) is 0 Å². The van der Waals surface area contributed by atoms with Gasteiger partial charge >= 0.3 is 37.7 Å². The molecule has 0 aromatic carbocycles. The molecule has 0 aromatic rings. The molecule has 0 radical (unpaired) electrons. The van der Waals surface area contributed by atoms with Gasteiger partial charge in [-0.25, -0.2) is 0 Å². The second-order valence-corrected chi connectivity index (χ2v) is 7.55. The first-order valence-electron chi connectivity index (χ1n) is 3.76. The molecule has 1 unspecified atom stereocenters. The van der Waals surface area contributed by atoms with Crippen molar-refractivity contribution >= 4 is 67.5 Å². The van der Waals surface area contributed by atoms with Crippen molar-refractivity contribution in [3.05, 3.63) is 0 Å². The molecule has 6 heteroatoms. The van der Waals surface area contributed by atoms with Crippen molar-refractivity contribution in [2.45, 2.75) is 32.6 Å². The van der Waals surface area contributed by atoms with Crippen LogP contribution in [0.5, 0.6) is 0 Å². The summed E-state index contributed by atoms with van der Waals surface area (Å²) >= 11 is 8.31.